The van der Waals surface area contributed by atoms with Crippen LogP contribution in [0, 0.1) is 12.7 Å². The molecule has 1 aromatic carbocycles. The normalized spacial score (nSPS) is 15.9. The topological polar surface area (TPSA) is 41.1 Å². The van der Waals surface area contributed by atoms with E-state index in [1.807, 2.05) is 42.2 Å². The van der Waals surface area contributed by atoms with Gasteiger partial charge in [0.25, 0.3) is 0 Å². The van der Waals surface area contributed by atoms with Crippen LogP contribution >= 0.6 is 11.8 Å². The first kappa shape index (κ1) is 21.3. The Morgan fingerprint density at radius 3 is 2.71 bits per heavy atom. The van der Waals surface area contributed by atoms with Gasteiger partial charge in [-0.1, -0.05) is 30.5 Å². The standard InChI is InChI=1S/C24H24F2N4S/c1-15-4-7-21(18-6-9-23(28-13-18)30-11-10-19(25)14-30)29-24(15)31-16(2)17-5-8-22(27-3)20(26)12-17/h4-9,12-13,19,27H,2,10-11,14H2,1,3H3/t19-/m1/s1. The molecule has 1 aliphatic heterocycles. The van der Waals surface area contributed by atoms with E-state index < -0.39 is 6.17 Å². The van der Waals surface area contributed by atoms with Crippen LogP contribution < -0.4 is 10.2 Å². The van der Waals surface area contributed by atoms with E-state index in [1.165, 1.54) is 17.8 Å². The summed E-state index contributed by atoms with van der Waals surface area (Å²) in [6.07, 6.45) is 1.54. The SMILES string of the molecule is C=C(Sc1nc(-c2ccc(N3CC[C@@H](F)C3)nc2)ccc1C)c1ccc(NC)c(F)c1. The van der Waals surface area contributed by atoms with E-state index in [2.05, 4.69) is 16.9 Å². The van der Waals surface area contributed by atoms with Gasteiger partial charge in [-0.2, -0.15) is 0 Å². The van der Waals surface area contributed by atoms with Gasteiger partial charge in [0.2, 0.25) is 0 Å². The van der Waals surface area contributed by atoms with Gasteiger partial charge in [0.05, 0.1) is 17.9 Å². The molecule has 3 aromatic rings. The number of aromatic nitrogens is 2. The number of pyridine rings is 2. The van der Waals surface area contributed by atoms with E-state index in [9.17, 15) is 8.78 Å². The maximum atomic E-state index is 14.1. The van der Waals surface area contributed by atoms with Gasteiger partial charge in [0.15, 0.2) is 0 Å². The fraction of sp³-hybridized carbons (Fsp3) is 0.250. The number of benzene rings is 1. The smallest absolute Gasteiger partial charge is 0.146 e. The molecule has 160 valence electrons. The van der Waals surface area contributed by atoms with Crippen molar-refractivity contribution in [2.75, 3.05) is 30.4 Å². The van der Waals surface area contributed by atoms with E-state index in [0.717, 1.165) is 38.1 Å². The van der Waals surface area contributed by atoms with Gasteiger partial charge < -0.3 is 10.2 Å². The average molecular weight is 439 g/mol. The van der Waals surface area contributed by atoms with E-state index in [0.29, 0.717) is 25.2 Å². The summed E-state index contributed by atoms with van der Waals surface area (Å²) in [6, 6.07) is 12.8. The van der Waals surface area contributed by atoms with Crippen molar-refractivity contribution in [1.29, 1.82) is 0 Å². The second-order valence-corrected chi connectivity index (χ2v) is 8.61. The van der Waals surface area contributed by atoms with E-state index >= 15 is 0 Å². The summed E-state index contributed by atoms with van der Waals surface area (Å²) in [5.41, 5.74) is 3.86. The number of aryl methyl sites for hydroxylation is 1. The molecule has 1 N–H and O–H groups in total. The number of hydrogen-bond acceptors (Lipinski definition) is 5. The monoisotopic (exact) mass is 438 g/mol. The molecule has 0 aliphatic carbocycles. The Balaban J connectivity index is 1.53. The van der Waals surface area contributed by atoms with Gasteiger partial charge in [0.1, 0.15) is 22.8 Å². The molecule has 7 heteroatoms. The molecule has 4 nitrogen and oxygen atoms in total. The Kier molecular flexibility index (Phi) is 6.23. The summed E-state index contributed by atoms with van der Waals surface area (Å²) < 4.78 is 27.6. The predicted molar refractivity (Wildman–Crippen MR) is 125 cm³/mol. The Labute approximate surface area is 185 Å². The van der Waals surface area contributed by atoms with Crippen molar-refractivity contribution in [2.24, 2.45) is 0 Å². The highest BCUT2D eigenvalue weighted by molar-refractivity contribution is 8.08. The maximum absolute atomic E-state index is 14.1. The first-order chi connectivity index (χ1) is 14.9. The largest absolute Gasteiger partial charge is 0.386 e. The first-order valence-corrected chi connectivity index (χ1v) is 10.9. The van der Waals surface area contributed by atoms with Gasteiger partial charge in [-0.3, -0.25) is 0 Å². The summed E-state index contributed by atoms with van der Waals surface area (Å²) in [6.45, 7) is 7.18. The fourth-order valence-electron chi connectivity index (χ4n) is 3.49. The molecule has 0 bridgehead atoms. The first-order valence-electron chi connectivity index (χ1n) is 10.1. The molecule has 0 saturated carbocycles. The second kappa shape index (κ2) is 9.06. The number of halogens is 2. The maximum Gasteiger partial charge on any atom is 0.146 e. The summed E-state index contributed by atoms with van der Waals surface area (Å²) in [5, 5.41) is 3.63. The van der Waals surface area contributed by atoms with Gasteiger partial charge in [-0.25, -0.2) is 18.7 Å². The summed E-state index contributed by atoms with van der Waals surface area (Å²) in [7, 11) is 1.69. The molecule has 0 spiro atoms. The van der Waals surface area contributed by atoms with Crippen molar-refractivity contribution >= 4 is 28.2 Å². The summed E-state index contributed by atoms with van der Waals surface area (Å²) in [5.74, 6) is 0.467. The Hall–Kier alpha value is -2.93. The van der Waals surface area contributed by atoms with E-state index in [4.69, 9.17) is 4.98 Å². The molecule has 0 amide bonds. The number of rotatable bonds is 6. The van der Waals surface area contributed by atoms with Gasteiger partial charge in [-0.05, 0) is 54.8 Å². The molecule has 1 aliphatic rings. The molecule has 2 aromatic heterocycles. The molecule has 0 unspecified atom stereocenters. The van der Waals surface area contributed by atoms with Crippen molar-refractivity contribution < 1.29 is 8.78 Å². The van der Waals surface area contributed by atoms with Crippen LogP contribution in [0.25, 0.3) is 16.2 Å². The van der Waals surface area contributed by atoms with Crippen LogP contribution in [0.4, 0.5) is 20.3 Å². The zero-order valence-corrected chi connectivity index (χ0v) is 18.3. The summed E-state index contributed by atoms with van der Waals surface area (Å²) in [4.78, 5) is 12.0. The van der Waals surface area contributed by atoms with Crippen molar-refractivity contribution in [1.82, 2.24) is 9.97 Å². The van der Waals surface area contributed by atoms with Crippen LogP contribution in [0.15, 0.2) is 60.3 Å². The fourth-order valence-corrected chi connectivity index (χ4v) is 4.34. The molecule has 0 radical (unpaired) electrons. The van der Waals surface area contributed by atoms with Crippen LogP contribution in [0.3, 0.4) is 0 Å². The van der Waals surface area contributed by atoms with Crippen molar-refractivity contribution in [3.63, 3.8) is 0 Å². The zero-order chi connectivity index (χ0) is 22.0. The number of thioether (sulfide) groups is 1. The molecule has 1 atom stereocenters. The van der Waals surface area contributed by atoms with E-state index in [1.54, 1.807) is 19.3 Å². The lowest BCUT2D eigenvalue weighted by atomic mass is 10.1. The number of nitrogens with zero attached hydrogens (tertiary/aromatic N) is 3. The molecule has 1 fully saturated rings. The van der Waals surface area contributed by atoms with Crippen LogP contribution in [-0.2, 0) is 0 Å². The molecule has 31 heavy (non-hydrogen) atoms. The molecule has 4 rings (SSSR count). The minimum absolute atomic E-state index is 0.316. The molecule has 3 heterocycles. The number of nitrogens with one attached hydrogen (secondary N) is 1. The third-order valence-corrected chi connectivity index (χ3v) is 6.42. The molecule has 1 saturated heterocycles. The highest BCUT2D eigenvalue weighted by Crippen LogP contribution is 2.36. The number of anilines is 2. The predicted octanol–water partition coefficient (Wildman–Crippen LogP) is 5.94. The van der Waals surface area contributed by atoms with E-state index in [-0.39, 0.29) is 5.82 Å². The van der Waals surface area contributed by atoms with Crippen LogP contribution in [0.1, 0.15) is 17.5 Å². The van der Waals surface area contributed by atoms with Crippen molar-refractivity contribution in [3.05, 3.63) is 72.2 Å². The Morgan fingerprint density at radius 2 is 2.06 bits per heavy atom. The third kappa shape index (κ3) is 4.71. The Morgan fingerprint density at radius 1 is 1.23 bits per heavy atom. The lowest BCUT2D eigenvalue weighted by molar-refractivity contribution is 0.364. The van der Waals surface area contributed by atoms with Gasteiger partial charge in [-0.15, -0.1) is 0 Å². The molecular weight excluding hydrogens is 414 g/mol. The van der Waals surface area contributed by atoms with Crippen LogP contribution in [0.5, 0.6) is 0 Å². The number of hydrogen-bond donors (Lipinski definition) is 1. The Bertz CT molecular complexity index is 1100. The van der Waals surface area contributed by atoms with Crippen molar-refractivity contribution in [3.8, 4) is 11.3 Å². The van der Waals surface area contributed by atoms with Gasteiger partial charge >= 0.3 is 0 Å². The van der Waals surface area contributed by atoms with Crippen LogP contribution in [0.2, 0.25) is 0 Å². The lowest BCUT2D eigenvalue weighted by Gasteiger charge is -2.16. The minimum atomic E-state index is -0.782. The van der Waals surface area contributed by atoms with Crippen LogP contribution in [-0.4, -0.2) is 36.3 Å². The second-order valence-electron chi connectivity index (χ2n) is 7.53. The molecular formula is C24H24F2N4S. The van der Waals surface area contributed by atoms with Crippen molar-refractivity contribution in [2.45, 2.75) is 24.5 Å². The number of alkyl halides is 1. The third-order valence-electron chi connectivity index (χ3n) is 5.33. The average Bonchev–Trinajstić information content (AvgIpc) is 3.21. The minimum Gasteiger partial charge on any atom is -0.386 e. The summed E-state index contributed by atoms with van der Waals surface area (Å²) >= 11 is 1.42. The highest BCUT2D eigenvalue weighted by Gasteiger charge is 2.22. The zero-order valence-electron chi connectivity index (χ0n) is 17.5. The lowest BCUT2D eigenvalue weighted by Crippen LogP contribution is -2.20. The highest BCUT2D eigenvalue weighted by atomic mass is 32.2. The quantitative estimate of drug-likeness (QED) is 0.482. The van der Waals surface area contributed by atoms with Gasteiger partial charge in [0, 0.05) is 30.3 Å².